The summed E-state index contributed by atoms with van der Waals surface area (Å²) in [4.78, 5) is 5.70. The number of hydrogen-bond acceptors (Lipinski definition) is 3. The third-order valence-electron chi connectivity index (χ3n) is 2.37. The molecule has 2 rings (SSSR count). The van der Waals surface area contributed by atoms with Gasteiger partial charge in [-0.15, -0.1) is 11.3 Å². The molecule has 84 valence electrons. The van der Waals surface area contributed by atoms with Gasteiger partial charge in [-0.05, 0) is 13.1 Å². The van der Waals surface area contributed by atoms with Crippen LogP contribution < -0.4 is 5.32 Å². The molecule has 1 N–H and O–H groups in total. The second kappa shape index (κ2) is 5.57. The molecule has 0 saturated heterocycles. The Morgan fingerprint density at radius 2 is 2.19 bits per heavy atom. The third kappa shape index (κ3) is 2.51. The van der Waals surface area contributed by atoms with Gasteiger partial charge >= 0.3 is 0 Å². The molecule has 0 unspecified atom stereocenters. The summed E-state index contributed by atoms with van der Waals surface area (Å²) in [6.45, 7) is 0.960. The van der Waals surface area contributed by atoms with Gasteiger partial charge in [0.25, 0.3) is 0 Å². The van der Waals surface area contributed by atoms with E-state index in [9.17, 15) is 0 Å². The van der Waals surface area contributed by atoms with Crippen molar-refractivity contribution in [3.05, 3.63) is 39.9 Å². The highest BCUT2D eigenvalue weighted by Gasteiger charge is 2.10. The molecule has 0 atom stereocenters. The first kappa shape index (κ1) is 11.8. The number of thiazole rings is 1. The van der Waals surface area contributed by atoms with Gasteiger partial charge in [-0.25, -0.2) is 4.98 Å². The molecule has 1 aromatic carbocycles. The van der Waals surface area contributed by atoms with Gasteiger partial charge in [0.15, 0.2) is 0 Å². The molecule has 4 heteroatoms. The molecule has 16 heavy (non-hydrogen) atoms. The Labute approximate surface area is 108 Å². The number of likely N-dealkylation sites (N-methyl/N-ethyl adjacent to an activating group) is 1. The first-order chi connectivity index (χ1) is 7.83. The first-order valence-corrected chi connectivity index (χ1v) is 6.82. The maximum absolute atomic E-state index is 4.43. The van der Waals surface area contributed by atoms with E-state index in [0.29, 0.717) is 0 Å². The molecule has 0 aliphatic carbocycles. The van der Waals surface area contributed by atoms with Gasteiger partial charge in [0.1, 0.15) is 0 Å². The monoisotopic (exact) mass is 296 g/mol. The zero-order valence-electron chi connectivity index (χ0n) is 9.03. The molecule has 0 aliphatic rings. The van der Waals surface area contributed by atoms with Crippen molar-refractivity contribution in [3.63, 3.8) is 0 Å². The summed E-state index contributed by atoms with van der Waals surface area (Å²) in [7, 11) is 1.96. The van der Waals surface area contributed by atoms with E-state index < -0.39 is 0 Å². The van der Waals surface area contributed by atoms with Crippen molar-refractivity contribution in [1.29, 1.82) is 0 Å². The Balaban J connectivity index is 2.33. The highest BCUT2D eigenvalue weighted by molar-refractivity contribution is 9.10. The fraction of sp³-hybridized carbons (Fsp3) is 0.250. The maximum atomic E-state index is 4.43. The lowest BCUT2D eigenvalue weighted by Gasteiger charge is -2.04. The van der Waals surface area contributed by atoms with Crippen molar-refractivity contribution in [2.45, 2.75) is 6.42 Å². The van der Waals surface area contributed by atoms with Crippen LogP contribution in [-0.4, -0.2) is 18.6 Å². The maximum Gasteiger partial charge on any atom is 0.0801 e. The summed E-state index contributed by atoms with van der Waals surface area (Å²) in [5.74, 6) is 0. The Morgan fingerprint density at radius 3 is 2.94 bits per heavy atom. The van der Waals surface area contributed by atoms with E-state index in [2.05, 4.69) is 44.4 Å². The standard InChI is InChI=1S/C12H13BrN2S/c1-14-7-6-11-12(16-8-15-11)9-4-2-3-5-10(9)13/h2-5,8,14H,6-7H2,1H3. The summed E-state index contributed by atoms with van der Waals surface area (Å²) in [5.41, 5.74) is 4.32. The van der Waals surface area contributed by atoms with E-state index in [1.165, 1.54) is 16.1 Å². The van der Waals surface area contributed by atoms with Gasteiger partial charge < -0.3 is 5.32 Å². The van der Waals surface area contributed by atoms with Gasteiger partial charge in [-0.2, -0.15) is 0 Å². The van der Waals surface area contributed by atoms with Crippen molar-refractivity contribution in [1.82, 2.24) is 10.3 Å². The highest BCUT2D eigenvalue weighted by Crippen LogP contribution is 2.33. The zero-order chi connectivity index (χ0) is 11.4. The average molecular weight is 297 g/mol. The van der Waals surface area contributed by atoms with Crippen LogP contribution in [0, 0.1) is 0 Å². The summed E-state index contributed by atoms with van der Waals surface area (Å²) in [6, 6.07) is 8.28. The minimum absolute atomic E-state index is 0.960. The molecule has 0 spiro atoms. The van der Waals surface area contributed by atoms with Crippen molar-refractivity contribution in [3.8, 4) is 10.4 Å². The highest BCUT2D eigenvalue weighted by atomic mass is 79.9. The third-order valence-corrected chi connectivity index (χ3v) is 3.97. The predicted molar refractivity (Wildman–Crippen MR) is 72.9 cm³/mol. The van der Waals surface area contributed by atoms with Gasteiger partial charge in [-0.3, -0.25) is 0 Å². The Hall–Kier alpha value is -0.710. The quantitative estimate of drug-likeness (QED) is 0.936. The molecule has 0 amide bonds. The van der Waals surface area contributed by atoms with Crippen LogP contribution in [0.2, 0.25) is 0 Å². The summed E-state index contributed by atoms with van der Waals surface area (Å²) >= 11 is 5.28. The van der Waals surface area contributed by atoms with Crippen molar-refractivity contribution >= 4 is 27.3 Å². The molecule has 0 saturated carbocycles. The Kier molecular flexibility index (Phi) is 4.09. The summed E-state index contributed by atoms with van der Waals surface area (Å²) < 4.78 is 1.13. The molecule has 2 nitrogen and oxygen atoms in total. The molecule has 2 aromatic rings. The van der Waals surface area contributed by atoms with Crippen molar-refractivity contribution in [2.24, 2.45) is 0 Å². The number of aromatic nitrogens is 1. The minimum Gasteiger partial charge on any atom is -0.319 e. The molecule has 0 radical (unpaired) electrons. The predicted octanol–water partition coefficient (Wildman–Crippen LogP) is 3.33. The second-order valence-electron chi connectivity index (χ2n) is 3.46. The SMILES string of the molecule is CNCCc1ncsc1-c1ccccc1Br. The van der Waals surface area contributed by atoms with E-state index in [1.54, 1.807) is 11.3 Å². The second-order valence-corrected chi connectivity index (χ2v) is 5.17. The lowest BCUT2D eigenvalue weighted by molar-refractivity contribution is 0.781. The number of benzene rings is 1. The van der Waals surface area contributed by atoms with E-state index >= 15 is 0 Å². The fourth-order valence-electron chi connectivity index (χ4n) is 1.56. The number of rotatable bonds is 4. The number of nitrogens with zero attached hydrogens (tertiary/aromatic N) is 1. The smallest absolute Gasteiger partial charge is 0.0801 e. The number of halogens is 1. The molecule has 1 heterocycles. The van der Waals surface area contributed by atoms with Crippen LogP contribution in [0.4, 0.5) is 0 Å². The zero-order valence-corrected chi connectivity index (χ0v) is 11.4. The average Bonchev–Trinajstić information content (AvgIpc) is 2.75. The molecule has 0 aliphatic heterocycles. The van der Waals surface area contributed by atoms with Crippen molar-refractivity contribution < 1.29 is 0 Å². The fourth-order valence-corrected chi connectivity index (χ4v) is 3.05. The van der Waals surface area contributed by atoms with Crippen LogP contribution in [0.5, 0.6) is 0 Å². The lowest BCUT2D eigenvalue weighted by atomic mass is 10.1. The van der Waals surface area contributed by atoms with Crippen molar-refractivity contribution in [2.75, 3.05) is 13.6 Å². The summed E-state index contributed by atoms with van der Waals surface area (Å²) in [5, 5.41) is 3.15. The lowest BCUT2D eigenvalue weighted by Crippen LogP contribution is -2.10. The van der Waals surface area contributed by atoms with Crippen LogP contribution in [-0.2, 0) is 6.42 Å². The van der Waals surface area contributed by atoms with E-state index in [-0.39, 0.29) is 0 Å². The van der Waals surface area contributed by atoms with Gasteiger partial charge in [0.2, 0.25) is 0 Å². The normalized spacial score (nSPS) is 10.6. The van der Waals surface area contributed by atoms with Crippen LogP contribution in [0.25, 0.3) is 10.4 Å². The Bertz CT molecular complexity index is 468. The summed E-state index contributed by atoms with van der Waals surface area (Å²) in [6.07, 6.45) is 0.969. The molecular formula is C12H13BrN2S. The van der Waals surface area contributed by atoms with Crippen LogP contribution in [0.3, 0.4) is 0 Å². The minimum atomic E-state index is 0.960. The van der Waals surface area contributed by atoms with Crippen LogP contribution >= 0.6 is 27.3 Å². The van der Waals surface area contributed by atoms with Crippen LogP contribution in [0.1, 0.15) is 5.69 Å². The first-order valence-electron chi connectivity index (χ1n) is 5.15. The largest absolute Gasteiger partial charge is 0.319 e. The molecule has 1 aromatic heterocycles. The van der Waals surface area contributed by atoms with E-state index in [0.717, 1.165) is 17.4 Å². The number of nitrogens with one attached hydrogen (secondary N) is 1. The molecular weight excluding hydrogens is 284 g/mol. The van der Waals surface area contributed by atoms with E-state index in [4.69, 9.17) is 0 Å². The van der Waals surface area contributed by atoms with E-state index in [1.807, 2.05) is 18.6 Å². The Morgan fingerprint density at radius 1 is 1.38 bits per heavy atom. The number of hydrogen-bond donors (Lipinski definition) is 1. The molecule has 0 fully saturated rings. The van der Waals surface area contributed by atoms with Gasteiger partial charge in [-0.1, -0.05) is 34.1 Å². The van der Waals surface area contributed by atoms with Gasteiger partial charge in [0, 0.05) is 23.0 Å². The van der Waals surface area contributed by atoms with Crippen LogP contribution in [0.15, 0.2) is 34.2 Å². The topological polar surface area (TPSA) is 24.9 Å². The van der Waals surface area contributed by atoms with Gasteiger partial charge in [0.05, 0.1) is 16.1 Å². The molecule has 0 bridgehead atoms.